The fraction of sp³-hybridized carbons (Fsp3) is 0.500. The van der Waals surface area contributed by atoms with Crippen LogP contribution >= 0.6 is 0 Å². The van der Waals surface area contributed by atoms with Crippen molar-refractivity contribution >= 4 is 0 Å². The Kier molecular flexibility index (Phi) is 4.96. The first-order valence-electron chi connectivity index (χ1n) is 5.27. The number of aliphatic hydroxyl groups is 1. The Morgan fingerprint density at radius 3 is 2.65 bits per heavy atom. The smallest absolute Gasteiger partial charge is 0.386 e. The van der Waals surface area contributed by atoms with Crippen LogP contribution in [0.2, 0.25) is 0 Å². The molecule has 0 aliphatic rings. The van der Waals surface area contributed by atoms with Gasteiger partial charge in [0.05, 0.1) is 19.6 Å². The van der Waals surface area contributed by atoms with E-state index in [0.717, 1.165) is 5.56 Å². The molecule has 1 unspecified atom stereocenters. The van der Waals surface area contributed by atoms with Gasteiger partial charge in [-0.25, -0.2) is 0 Å². The average molecular weight is 248 g/mol. The second-order valence-corrected chi connectivity index (χ2v) is 3.87. The molecule has 0 saturated heterocycles. The third-order valence-electron chi connectivity index (χ3n) is 2.23. The summed E-state index contributed by atoms with van der Waals surface area (Å²) in [6, 6.07) is 7.15. The van der Waals surface area contributed by atoms with Crippen molar-refractivity contribution in [2.24, 2.45) is 0 Å². The van der Waals surface area contributed by atoms with Gasteiger partial charge in [-0.05, 0) is 12.5 Å². The summed E-state index contributed by atoms with van der Waals surface area (Å²) in [7, 11) is 0. The summed E-state index contributed by atoms with van der Waals surface area (Å²) in [5, 5.41) is 9.67. The predicted octanol–water partition coefficient (Wildman–Crippen LogP) is 3.00. The molecule has 1 N–H and O–H groups in total. The summed E-state index contributed by atoms with van der Waals surface area (Å²) in [4.78, 5) is 0. The van der Waals surface area contributed by atoms with E-state index >= 15 is 0 Å². The molecule has 17 heavy (non-hydrogen) atoms. The Morgan fingerprint density at radius 2 is 2.06 bits per heavy atom. The molecular weight excluding hydrogens is 233 g/mol. The van der Waals surface area contributed by atoms with Crippen LogP contribution in [0.5, 0.6) is 0 Å². The largest absolute Gasteiger partial charge is 0.391 e. The van der Waals surface area contributed by atoms with E-state index in [-0.39, 0.29) is 6.61 Å². The van der Waals surface area contributed by atoms with Gasteiger partial charge < -0.3 is 9.84 Å². The van der Waals surface area contributed by atoms with Gasteiger partial charge in [0, 0.05) is 0 Å². The molecule has 5 heteroatoms. The Bertz CT molecular complexity index is 350. The molecule has 0 aliphatic heterocycles. The van der Waals surface area contributed by atoms with Crippen LogP contribution in [0.3, 0.4) is 0 Å². The molecular formula is C12H15F3O2. The molecule has 0 bridgehead atoms. The van der Waals surface area contributed by atoms with Crippen LogP contribution in [0, 0.1) is 6.92 Å². The maximum atomic E-state index is 11.8. The number of alkyl halides is 3. The van der Waals surface area contributed by atoms with Gasteiger partial charge in [-0.1, -0.05) is 29.8 Å². The van der Waals surface area contributed by atoms with Gasteiger partial charge in [-0.2, -0.15) is 13.2 Å². The van der Waals surface area contributed by atoms with Gasteiger partial charge in [-0.15, -0.1) is 0 Å². The molecule has 0 aliphatic carbocycles. The Morgan fingerprint density at radius 1 is 1.35 bits per heavy atom. The van der Waals surface area contributed by atoms with Crippen molar-refractivity contribution in [3.8, 4) is 0 Å². The maximum Gasteiger partial charge on any atom is 0.391 e. The Balaban J connectivity index is 2.33. The molecule has 0 amide bonds. The topological polar surface area (TPSA) is 29.5 Å². The summed E-state index contributed by atoms with van der Waals surface area (Å²) in [5.74, 6) is 0. The standard InChI is InChI=1S/C12H15F3O2/c1-9-3-2-4-10(7-9)11(16)8-17-6-5-12(13,14)15/h2-4,7,11,16H,5-6,8H2,1H3. The van der Waals surface area contributed by atoms with Crippen molar-refractivity contribution in [3.63, 3.8) is 0 Å². The Hall–Kier alpha value is -1.07. The summed E-state index contributed by atoms with van der Waals surface area (Å²) in [5.41, 5.74) is 1.63. The van der Waals surface area contributed by atoms with Gasteiger partial charge in [-0.3, -0.25) is 0 Å². The van der Waals surface area contributed by atoms with E-state index in [1.165, 1.54) is 0 Å². The molecule has 96 valence electrons. The molecule has 0 aromatic heterocycles. The van der Waals surface area contributed by atoms with Gasteiger partial charge in [0.25, 0.3) is 0 Å². The van der Waals surface area contributed by atoms with Gasteiger partial charge in [0.1, 0.15) is 6.10 Å². The average Bonchev–Trinajstić information content (AvgIpc) is 2.23. The van der Waals surface area contributed by atoms with E-state index in [9.17, 15) is 18.3 Å². The summed E-state index contributed by atoms with van der Waals surface area (Å²) >= 11 is 0. The molecule has 1 aromatic carbocycles. The molecule has 0 saturated carbocycles. The normalized spacial score (nSPS) is 13.7. The van der Waals surface area contributed by atoms with Crippen LogP contribution in [-0.2, 0) is 4.74 Å². The molecule has 1 rings (SSSR count). The van der Waals surface area contributed by atoms with Crippen LogP contribution in [0.1, 0.15) is 23.7 Å². The summed E-state index contributed by atoms with van der Waals surface area (Å²) in [6.07, 6.45) is -6.09. The number of aryl methyl sites for hydroxylation is 1. The zero-order valence-electron chi connectivity index (χ0n) is 9.50. The van der Waals surface area contributed by atoms with E-state index in [1.807, 2.05) is 13.0 Å². The third-order valence-corrected chi connectivity index (χ3v) is 2.23. The van der Waals surface area contributed by atoms with E-state index in [2.05, 4.69) is 0 Å². The van der Waals surface area contributed by atoms with E-state index in [1.54, 1.807) is 18.2 Å². The first-order valence-corrected chi connectivity index (χ1v) is 5.27. The lowest BCUT2D eigenvalue weighted by molar-refractivity contribution is -0.147. The highest BCUT2D eigenvalue weighted by atomic mass is 19.4. The number of hydrogen-bond acceptors (Lipinski definition) is 2. The molecule has 0 radical (unpaired) electrons. The third kappa shape index (κ3) is 5.70. The highest BCUT2D eigenvalue weighted by molar-refractivity contribution is 5.23. The van der Waals surface area contributed by atoms with Crippen molar-refractivity contribution in [1.82, 2.24) is 0 Å². The highest BCUT2D eigenvalue weighted by Gasteiger charge is 2.26. The lowest BCUT2D eigenvalue weighted by Crippen LogP contribution is -2.14. The van der Waals surface area contributed by atoms with E-state index < -0.39 is 25.3 Å². The van der Waals surface area contributed by atoms with E-state index in [4.69, 9.17) is 4.74 Å². The zero-order valence-corrected chi connectivity index (χ0v) is 9.50. The zero-order chi connectivity index (χ0) is 12.9. The fourth-order valence-electron chi connectivity index (χ4n) is 1.36. The number of aliphatic hydroxyl groups excluding tert-OH is 1. The SMILES string of the molecule is Cc1cccc(C(O)COCCC(F)(F)F)c1. The summed E-state index contributed by atoms with van der Waals surface area (Å²) in [6.45, 7) is 1.33. The summed E-state index contributed by atoms with van der Waals surface area (Å²) < 4.78 is 40.2. The molecule has 0 spiro atoms. The van der Waals surface area contributed by atoms with Crippen LogP contribution in [-0.4, -0.2) is 24.5 Å². The quantitative estimate of drug-likeness (QED) is 0.812. The maximum absolute atomic E-state index is 11.8. The van der Waals surface area contributed by atoms with Crippen molar-refractivity contribution in [2.75, 3.05) is 13.2 Å². The monoisotopic (exact) mass is 248 g/mol. The number of ether oxygens (including phenoxy) is 1. The predicted molar refractivity (Wildman–Crippen MR) is 57.6 cm³/mol. The molecule has 2 nitrogen and oxygen atoms in total. The first-order chi connectivity index (χ1) is 7.88. The Labute approximate surface area is 98.0 Å². The second kappa shape index (κ2) is 6.02. The molecule has 0 fully saturated rings. The number of halogens is 3. The van der Waals surface area contributed by atoms with Crippen LogP contribution in [0.4, 0.5) is 13.2 Å². The number of hydrogen-bond donors (Lipinski definition) is 1. The number of rotatable bonds is 5. The van der Waals surface area contributed by atoms with Crippen molar-refractivity contribution < 1.29 is 23.0 Å². The van der Waals surface area contributed by atoms with Crippen LogP contribution < -0.4 is 0 Å². The minimum absolute atomic E-state index is 0.125. The second-order valence-electron chi connectivity index (χ2n) is 3.87. The van der Waals surface area contributed by atoms with Crippen molar-refractivity contribution in [3.05, 3.63) is 35.4 Å². The van der Waals surface area contributed by atoms with Gasteiger partial charge >= 0.3 is 6.18 Å². The number of benzene rings is 1. The van der Waals surface area contributed by atoms with Gasteiger partial charge in [0.15, 0.2) is 0 Å². The molecule has 1 aromatic rings. The lowest BCUT2D eigenvalue weighted by Gasteiger charge is -2.13. The molecule has 1 atom stereocenters. The van der Waals surface area contributed by atoms with Crippen molar-refractivity contribution in [2.45, 2.75) is 25.6 Å². The highest BCUT2D eigenvalue weighted by Crippen LogP contribution is 2.20. The first kappa shape index (κ1) is 14.0. The fourth-order valence-corrected chi connectivity index (χ4v) is 1.36. The minimum Gasteiger partial charge on any atom is -0.386 e. The van der Waals surface area contributed by atoms with Crippen LogP contribution in [0.25, 0.3) is 0 Å². The van der Waals surface area contributed by atoms with Crippen LogP contribution in [0.15, 0.2) is 24.3 Å². The minimum atomic E-state index is -4.21. The van der Waals surface area contributed by atoms with E-state index in [0.29, 0.717) is 5.56 Å². The van der Waals surface area contributed by atoms with Gasteiger partial charge in [0.2, 0.25) is 0 Å². The van der Waals surface area contributed by atoms with Crippen molar-refractivity contribution in [1.29, 1.82) is 0 Å². The lowest BCUT2D eigenvalue weighted by atomic mass is 10.1. The molecule has 0 heterocycles.